The highest BCUT2D eigenvalue weighted by molar-refractivity contribution is 5.88. The third-order valence-electron chi connectivity index (χ3n) is 6.45. The van der Waals surface area contributed by atoms with Gasteiger partial charge in [-0.3, -0.25) is 0 Å². The highest BCUT2D eigenvalue weighted by atomic mass is 19.1. The van der Waals surface area contributed by atoms with Crippen LogP contribution in [0.1, 0.15) is 12.8 Å². The van der Waals surface area contributed by atoms with Crippen LogP contribution >= 0.6 is 0 Å². The number of rotatable bonds is 4. The summed E-state index contributed by atoms with van der Waals surface area (Å²) in [4.78, 5) is 14.9. The van der Waals surface area contributed by atoms with Crippen LogP contribution in [0.15, 0.2) is 24.4 Å². The van der Waals surface area contributed by atoms with Crippen molar-refractivity contribution in [1.29, 1.82) is 0 Å². The van der Waals surface area contributed by atoms with Crippen molar-refractivity contribution in [3.05, 3.63) is 36.0 Å². The fourth-order valence-electron chi connectivity index (χ4n) is 4.60. The predicted molar refractivity (Wildman–Crippen MR) is 116 cm³/mol. The van der Waals surface area contributed by atoms with Crippen molar-refractivity contribution in [3.63, 3.8) is 0 Å². The fourth-order valence-corrected chi connectivity index (χ4v) is 4.60. The van der Waals surface area contributed by atoms with E-state index in [1.165, 1.54) is 12.1 Å². The number of aromatic amines is 1. The molecule has 1 aromatic carbocycles. The Balaban J connectivity index is 1.30. The number of aromatic nitrogens is 4. The molecule has 0 unspecified atom stereocenters. The van der Waals surface area contributed by atoms with Gasteiger partial charge in [-0.25, -0.2) is 13.8 Å². The van der Waals surface area contributed by atoms with Crippen LogP contribution in [0.4, 0.5) is 14.6 Å². The zero-order valence-corrected chi connectivity index (χ0v) is 17.7. The Kier molecular flexibility index (Phi) is 5.54. The van der Waals surface area contributed by atoms with Gasteiger partial charge in [0.15, 0.2) is 5.82 Å². The molecular weight excluding hydrogens is 400 g/mol. The monoisotopic (exact) mass is 427 g/mol. The summed E-state index contributed by atoms with van der Waals surface area (Å²) in [6.07, 6.45) is 3.82. The summed E-state index contributed by atoms with van der Waals surface area (Å²) >= 11 is 0. The van der Waals surface area contributed by atoms with E-state index in [0.717, 1.165) is 70.5 Å². The molecule has 0 radical (unpaired) electrons. The van der Waals surface area contributed by atoms with Crippen LogP contribution in [0.5, 0.6) is 0 Å². The minimum Gasteiger partial charge on any atom is -0.353 e. The molecule has 2 aromatic heterocycles. The predicted octanol–water partition coefficient (Wildman–Crippen LogP) is 2.76. The van der Waals surface area contributed by atoms with Crippen molar-refractivity contribution in [2.24, 2.45) is 5.92 Å². The number of nitrogens with zero attached hydrogens (tertiary/aromatic N) is 6. The van der Waals surface area contributed by atoms with E-state index in [1.54, 1.807) is 6.20 Å². The van der Waals surface area contributed by atoms with E-state index in [0.29, 0.717) is 28.3 Å². The molecule has 0 saturated carbocycles. The van der Waals surface area contributed by atoms with E-state index in [-0.39, 0.29) is 0 Å². The van der Waals surface area contributed by atoms with Crippen LogP contribution in [0, 0.1) is 17.6 Å². The van der Waals surface area contributed by atoms with E-state index < -0.39 is 11.6 Å². The maximum absolute atomic E-state index is 13.6. The molecule has 2 aliphatic heterocycles. The van der Waals surface area contributed by atoms with Gasteiger partial charge in [-0.2, -0.15) is 5.10 Å². The molecule has 0 amide bonds. The van der Waals surface area contributed by atoms with Crippen LogP contribution in [0.25, 0.3) is 22.4 Å². The van der Waals surface area contributed by atoms with Gasteiger partial charge in [0.25, 0.3) is 0 Å². The molecule has 2 fully saturated rings. The number of piperidine rings is 1. The summed E-state index contributed by atoms with van der Waals surface area (Å²) in [5, 5.41) is 8.48. The van der Waals surface area contributed by atoms with Gasteiger partial charge in [-0.05, 0) is 37.9 Å². The molecule has 5 rings (SSSR count). The van der Waals surface area contributed by atoms with Crippen LogP contribution in [0.3, 0.4) is 0 Å². The quantitative estimate of drug-likeness (QED) is 0.691. The van der Waals surface area contributed by atoms with Gasteiger partial charge >= 0.3 is 0 Å². The molecule has 0 bridgehead atoms. The third kappa shape index (κ3) is 4.38. The number of anilines is 1. The molecule has 164 valence electrons. The average Bonchev–Trinajstić information content (AvgIpc) is 3.20. The first-order chi connectivity index (χ1) is 15.0. The number of hydrogen-bond acceptors (Lipinski definition) is 6. The lowest BCUT2D eigenvalue weighted by atomic mass is 9.96. The number of halogens is 2. The molecule has 0 aliphatic carbocycles. The van der Waals surface area contributed by atoms with E-state index in [9.17, 15) is 8.78 Å². The highest BCUT2D eigenvalue weighted by Crippen LogP contribution is 2.29. The van der Waals surface area contributed by atoms with E-state index in [2.05, 4.69) is 41.9 Å². The Morgan fingerprint density at radius 1 is 1.00 bits per heavy atom. The van der Waals surface area contributed by atoms with Gasteiger partial charge in [-0.1, -0.05) is 0 Å². The molecule has 1 N–H and O–H groups in total. The standard InChI is InChI=1S/C22H27F2N7/c1-29-6-8-30(9-7-29)14-15-2-4-31(5-3-15)22-20-19(13-25-28-22)26-21(27-20)16-10-17(23)12-18(24)11-16/h10-13,15H,2-9,14H2,1H3,(H,26,27). The lowest BCUT2D eigenvalue weighted by Gasteiger charge is -2.38. The van der Waals surface area contributed by atoms with E-state index >= 15 is 0 Å². The number of piperazine rings is 1. The number of likely N-dealkylation sites (N-methyl/N-ethyl adjacent to an activating group) is 1. The van der Waals surface area contributed by atoms with Gasteiger partial charge in [-0.15, -0.1) is 5.10 Å². The minimum atomic E-state index is -0.630. The summed E-state index contributed by atoms with van der Waals surface area (Å²) in [7, 11) is 2.18. The lowest BCUT2D eigenvalue weighted by Crippen LogP contribution is -2.47. The number of imidazole rings is 1. The van der Waals surface area contributed by atoms with Crippen molar-refractivity contribution in [2.75, 3.05) is 57.8 Å². The first-order valence-electron chi connectivity index (χ1n) is 10.9. The van der Waals surface area contributed by atoms with Crippen molar-refractivity contribution in [1.82, 2.24) is 30.0 Å². The number of hydrogen-bond donors (Lipinski definition) is 1. The van der Waals surface area contributed by atoms with Crippen LogP contribution in [-0.4, -0.2) is 82.8 Å². The van der Waals surface area contributed by atoms with Gasteiger partial charge in [0.05, 0.1) is 11.7 Å². The van der Waals surface area contributed by atoms with E-state index in [4.69, 9.17) is 0 Å². The molecule has 9 heteroatoms. The maximum atomic E-state index is 13.6. The normalized spacial score (nSPS) is 19.4. The molecule has 0 spiro atoms. The lowest BCUT2D eigenvalue weighted by molar-refractivity contribution is 0.129. The first-order valence-corrected chi connectivity index (χ1v) is 10.9. The Morgan fingerprint density at radius 2 is 1.71 bits per heavy atom. The van der Waals surface area contributed by atoms with Crippen molar-refractivity contribution < 1.29 is 8.78 Å². The summed E-state index contributed by atoms with van der Waals surface area (Å²) in [5.74, 6) is 0.574. The smallest absolute Gasteiger partial charge is 0.179 e. The second kappa shape index (κ2) is 8.47. The number of benzene rings is 1. The fraction of sp³-hybridized carbons (Fsp3) is 0.500. The Morgan fingerprint density at radius 3 is 2.42 bits per heavy atom. The van der Waals surface area contributed by atoms with Gasteiger partial charge in [0.1, 0.15) is 23.0 Å². The second-order valence-electron chi connectivity index (χ2n) is 8.71. The van der Waals surface area contributed by atoms with Crippen molar-refractivity contribution in [2.45, 2.75) is 12.8 Å². The molecule has 2 saturated heterocycles. The summed E-state index contributed by atoms with van der Waals surface area (Å²) in [6.45, 7) is 7.57. The number of fused-ring (bicyclic) bond motifs is 1. The van der Waals surface area contributed by atoms with Gasteiger partial charge < -0.3 is 19.7 Å². The van der Waals surface area contributed by atoms with Gasteiger partial charge in [0.2, 0.25) is 0 Å². The molecule has 4 heterocycles. The summed E-state index contributed by atoms with van der Waals surface area (Å²) < 4.78 is 27.3. The van der Waals surface area contributed by atoms with Crippen LogP contribution in [0.2, 0.25) is 0 Å². The molecule has 31 heavy (non-hydrogen) atoms. The summed E-state index contributed by atoms with van der Waals surface area (Å²) in [6, 6.07) is 3.39. The Labute approximate surface area is 180 Å². The minimum absolute atomic E-state index is 0.366. The van der Waals surface area contributed by atoms with Crippen LogP contribution in [-0.2, 0) is 0 Å². The first kappa shape index (κ1) is 20.3. The molecular formula is C22H27F2N7. The maximum Gasteiger partial charge on any atom is 0.179 e. The largest absolute Gasteiger partial charge is 0.353 e. The van der Waals surface area contributed by atoms with Gasteiger partial charge in [0, 0.05) is 57.4 Å². The highest BCUT2D eigenvalue weighted by Gasteiger charge is 2.25. The van der Waals surface area contributed by atoms with E-state index in [1.807, 2.05) is 0 Å². The molecule has 7 nitrogen and oxygen atoms in total. The third-order valence-corrected chi connectivity index (χ3v) is 6.45. The number of nitrogens with one attached hydrogen (secondary N) is 1. The Hall–Kier alpha value is -2.65. The zero-order chi connectivity index (χ0) is 21.4. The zero-order valence-electron chi connectivity index (χ0n) is 17.7. The molecule has 0 atom stereocenters. The van der Waals surface area contributed by atoms with Crippen LogP contribution < -0.4 is 4.90 Å². The average molecular weight is 428 g/mol. The second-order valence-corrected chi connectivity index (χ2v) is 8.71. The topological polar surface area (TPSA) is 64.2 Å². The van der Waals surface area contributed by atoms with Crippen molar-refractivity contribution in [3.8, 4) is 11.4 Å². The summed E-state index contributed by atoms with van der Waals surface area (Å²) in [5.41, 5.74) is 1.77. The molecule has 2 aliphatic rings. The van der Waals surface area contributed by atoms with Crippen molar-refractivity contribution >= 4 is 16.9 Å². The SMILES string of the molecule is CN1CCN(CC2CCN(c3nncc4[nH]c(-c5cc(F)cc(F)c5)nc34)CC2)CC1. The number of H-pyrrole nitrogens is 1. The molecule has 3 aromatic rings. The Bertz CT molecular complexity index is 1030.